The molecular weight excluding hydrogens is 228 g/mol. The summed E-state index contributed by atoms with van der Waals surface area (Å²) < 4.78 is 0. The minimum atomic E-state index is 0.00127. The van der Waals surface area contributed by atoms with Gasteiger partial charge in [0, 0.05) is 31.0 Å². The Bertz CT molecular complexity index is 372. The molecule has 0 aromatic carbocycles. The van der Waals surface area contributed by atoms with Crippen LogP contribution < -0.4 is 5.32 Å². The number of amides is 2. The van der Waals surface area contributed by atoms with E-state index >= 15 is 0 Å². The van der Waals surface area contributed by atoms with Crippen molar-refractivity contribution >= 4 is 11.8 Å². The number of hydrogen-bond acceptors (Lipinski definition) is 2. The van der Waals surface area contributed by atoms with Crippen molar-refractivity contribution in [2.75, 3.05) is 13.1 Å². The summed E-state index contributed by atoms with van der Waals surface area (Å²) in [5.74, 6) is 1.42. The number of rotatable bonds is 1. The lowest BCUT2D eigenvalue weighted by molar-refractivity contribution is -0.135. The zero-order valence-corrected chi connectivity index (χ0v) is 11.1. The van der Waals surface area contributed by atoms with E-state index in [1.165, 1.54) is 0 Å². The third-order valence-electron chi connectivity index (χ3n) is 4.92. The molecule has 1 aliphatic carbocycles. The van der Waals surface area contributed by atoms with E-state index in [9.17, 15) is 9.59 Å². The molecule has 1 spiro atoms. The Hall–Kier alpha value is -1.06. The van der Waals surface area contributed by atoms with Gasteiger partial charge in [-0.05, 0) is 38.0 Å². The van der Waals surface area contributed by atoms with Crippen molar-refractivity contribution in [1.29, 1.82) is 0 Å². The summed E-state index contributed by atoms with van der Waals surface area (Å²) in [6.07, 6.45) is 5.69. The summed E-state index contributed by atoms with van der Waals surface area (Å²) in [5.41, 5.74) is 0.00127. The van der Waals surface area contributed by atoms with E-state index in [0.717, 1.165) is 45.2 Å². The van der Waals surface area contributed by atoms with Gasteiger partial charge in [0.15, 0.2) is 0 Å². The van der Waals surface area contributed by atoms with Gasteiger partial charge < -0.3 is 10.2 Å². The van der Waals surface area contributed by atoms with Gasteiger partial charge in [0.05, 0.1) is 0 Å². The van der Waals surface area contributed by atoms with E-state index in [1.807, 2.05) is 4.90 Å². The van der Waals surface area contributed by atoms with Crippen LogP contribution >= 0.6 is 0 Å². The molecule has 3 rings (SSSR count). The van der Waals surface area contributed by atoms with Crippen molar-refractivity contribution in [2.24, 2.45) is 11.8 Å². The van der Waals surface area contributed by atoms with E-state index in [-0.39, 0.29) is 11.4 Å². The van der Waals surface area contributed by atoms with Crippen molar-refractivity contribution in [3.63, 3.8) is 0 Å². The van der Waals surface area contributed by atoms with Crippen LogP contribution in [0.25, 0.3) is 0 Å². The predicted octanol–water partition coefficient (Wildman–Crippen LogP) is 1.30. The lowest BCUT2D eigenvalue weighted by atomic mass is 9.80. The lowest BCUT2D eigenvalue weighted by Gasteiger charge is -2.44. The summed E-state index contributed by atoms with van der Waals surface area (Å²) >= 11 is 0. The minimum absolute atomic E-state index is 0.00127. The molecule has 1 N–H and O–H groups in total. The molecule has 3 aliphatic rings. The fourth-order valence-corrected chi connectivity index (χ4v) is 3.44. The van der Waals surface area contributed by atoms with Crippen LogP contribution in [0.4, 0.5) is 0 Å². The molecule has 1 saturated carbocycles. The van der Waals surface area contributed by atoms with Crippen LogP contribution in [0, 0.1) is 11.8 Å². The zero-order valence-electron chi connectivity index (χ0n) is 11.1. The maximum atomic E-state index is 12.1. The second kappa shape index (κ2) is 4.25. The fourth-order valence-electron chi connectivity index (χ4n) is 3.44. The summed E-state index contributed by atoms with van der Waals surface area (Å²) in [5, 5.41) is 3.17. The van der Waals surface area contributed by atoms with Crippen LogP contribution in [-0.4, -0.2) is 35.3 Å². The van der Waals surface area contributed by atoms with Gasteiger partial charge in [-0.1, -0.05) is 6.92 Å². The average Bonchev–Trinajstić information content (AvgIpc) is 3.06. The molecule has 0 radical (unpaired) electrons. The largest absolute Gasteiger partial charge is 0.351 e. The molecule has 0 aromatic heterocycles. The Balaban J connectivity index is 1.57. The predicted molar refractivity (Wildman–Crippen MR) is 67.8 cm³/mol. The van der Waals surface area contributed by atoms with Gasteiger partial charge >= 0.3 is 0 Å². The van der Waals surface area contributed by atoms with E-state index < -0.39 is 0 Å². The molecule has 2 heterocycles. The van der Waals surface area contributed by atoms with Gasteiger partial charge in [0.1, 0.15) is 0 Å². The molecular formula is C14H22N2O2. The molecule has 2 saturated heterocycles. The Morgan fingerprint density at radius 1 is 1.33 bits per heavy atom. The van der Waals surface area contributed by atoms with E-state index in [1.54, 1.807) is 0 Å². The van der Waals surface area contributed by atoms with Crippen molar-refractivity contribution < 1.29 is 9.59 Å². The molecule has 0 bridgehead atoms. The average molecular weight is 250 g/mol. The highest BCUT2D eigenvalue weighted by atomic mass is 16.2. The van der Waals surface area contributed by atoms with Crippen LogP contribution in [0.1, 0.15) is 45.4 Å². The molecule has 4 heteroatoms. The van der Waals surface area contributed by atoms with Gasteiger partial charge in [-0.3, -0.25) is 9.59 Å². The molecule has 2 amide bonds. The highest BCUT2D eigenvalue weighted by molar-refractivity contribution is 5.82. The second-order valence-corrected chi connectivity index (χ2v) is 6.33. The number of likely N-dealkylation sites (tertiary alicyclic amines) is 1. The summed E-state index contributed by atoms with van der Waals surface area (Å²) in [7, 11) is 0. The monoisotopic (exact) mass is 250 g/mol. The third kappa shape index (κ3) is 2.13. The highest BCUT2D eigenvalue weighted by Gasteiger charge is 2.44. The van der Waals surface area contributed by atoms with Gasteiger partial charge in [-0.25, -0.2) is 0 Å². The van der Waals surface area contributed by atoms with E-state index in [0.29, 0.717) is 24.2 Å². The standard InChI is InChI=1S/C14H22N2O2/c1-10-9-11(10)13(18)16-7-5-14(6-8-16)4-2-3-12(17)15-14/h10-11H,2-9H2,1H3,(H,15,17)/t10-,11+/m1/s1. The number of hydrogen-bond donors (Lipinski definition) is 1. The topological polar surface area (TPSA) is 49.4 Å². The van der Waals surface area contributed by atoms with Gasteiger partial charge in [-0.2, -0.15) is 0 Å². The van der Waals surface area contributed by atoms with Crippen LogP contribution in [-0.2, 0) is 9.59 Å². The summed E-state index contributed by atoms with van der Waals surface area (Å²) in [4.78, 5) is 25.7. The molecule has 100 valence electrons. The second-order valence-electron chi connectivity index (χ2n) is 6.33. The minimum Gasteiger partial charge on any atom is -0.351 e. The molecule has 3 fully saturated rings. The number of piperidine rings is 2. The smallest absolute Gasteiger partial charge is 0.225 e. The SMILES string of the molecule is C[C@@H]1C[C@@H]1C(=O)N1CCC2(CCCC(=O)N2)CC1. The van der Waals surface area contributed by atoms with Crippen molar-refractivity contribution in [1.82, 2.24) is 10.2 Å². The van der Waals surface area contributed by atoms with Crippen molar-refractivity contribution in [3.8, 4) is 0 Å². The quantitative estimate of drug-likeness (QED) is 0.762. The molecule has 0 aromatic rings. The Kier molecular flexibility index (Phi) is 2.83. The fraction of sp³-hybridized carbons (Fsp3) is 0.857. The Morgan fingerprint density at radius 3 is 2.56 bits per heavy atom. The number of carbonyl (C=O) groups excluding carboxylic acids is 2. The molecule has 0 unspecified atom stereocenters. The molecule has 2 atom stereocenters. The van der Waals surface area contributed by atoms with Crippen LogP contribution in [0.3, 0.4) is 0 Å². The maximum Gasteiger partial charge on any atom is 0.225 e. The molecule has 18 heavy (non-hydrogen) atoms. The number of nitrogens with one attached hydrogen (secondary N) is 1. The Labute approximate surface area is 108 Å². The zero-order chi connectivity index (χ0) is 12.8. The molecule has 4 nitrogen and oxygen atoms in total. The Morgan fingerprint density at radius 2 is 2.00 bits per heavy atom. The normalized spacial score (nSPS) is 34.3. The highest BCUT2D eigenvalue weighted by Crippen LogP contribution is 2.40. The lowest BCUT2D eigenvalue weighted by Crippen LogP contribution is -2.58. The van der Waals surface area contributed by atoms with Gasteiger partial charge in [0.2, 0.25) is 11.8 Å². The first-order valence-electron chi connectivity index (χ1n) is 7.19. The van der Waals surface area contributed by atoms with E-state index in [4.69, 9.17) is 0 Å². The van der Waals surface area contributed by atoms with Crippen LogP contribution in [0.2, 0.25) is 0 Å². The first kappa shape index (κ1) is 12.0. The maximum absolute atomic E-state index is 12.1. The number of carbonyl (C=O) groups is 2. The van der Waals surface area contributed by atoms with Crippen molar-refractivity contribution in [3.05, 3.63) is 0 Å². The first-order chi connectivity index (χ1) is 8.60. The third-order valence-corrected chi connectivity index (χ3v) is 4.92. The van der Waals surface area contributed by atoms with E-state index in [2.05, 4.69) is 12.2 Å². The summed E-state index contributed by atoms with van der Waals surface area (Å²) in [6, 6.07) is 0. The van der Waals surface area contributed by atoms with Crippen LogP contribution in [0.15, 0.2) is 0 Å². The van der Waals surface area contributed by atoms with Gasteiger partial charge in [-0.15, -0.1) is 0 Å². The van der Waals surface area contributed by atoms with Gasteiger partial charge in [0.25, 0.3) is 0 Å². The van der Waals surface area contributed by atoms with Crippen molar-refractivity contribution in [2.45, 2.75) is 51.0 Å². The first-order valence-corrected chi connectivity index (χ1v) is 7.19. The number of nitrogens with zero attached hydrogens (tertiary/aromatic N) is 1. The summed E-state index contributed by atoms with van der Waals surface area (Å²) in [6.45, 7) is 3.79. The molecule has 2 aliphatic heterocycles. The van der Waals surface area contributed by atoms with Crippen LogP contribution in [0.5, 0.6) is 0 Å².